The molecule has 4 heteroatoms. The van der Waals surface area contributed by atoms with Gasteiger partial charge in [-0.3, -0.25) is 4.99 Å². The third-order valence-corrected chi connectivity index (χ3v) is 13.8. The molecule has 11 aromatic rings. The lowest BCUT2D eigenvalue weighted by molar-refractivity contribution is 0.669. The minimum atomic E-state index is -0.513. The second-order valence-corrected chi connectivity index (χ2v) is 17.5. The van der Waals surface area contributed by atoms with Crippen LogP contribution in [0.5, 0.6) is 0 Å². The monoisotopic (exact) mass is 845 g/mol. The Bertz CT molecular complexity index is 3740. The molecular formula is C62H43N3O. The van der Waals surface area contributed by atoms with Crippen LogP contribution in [0.1, 0.15) is 51.8 Å². The van der Waals surface area contributed by atoms with E-state index in [1.807, 2.05) is 12.1 Å². The topological polar surface area (TPSA) is 42.8 Å². The first-order valence-corrected chi connectivity index (χ1v) is 22.9. The van der Waals surface area contributed by atoms with Crippen molar-refractivity contribution in [1.82, 2.24) is 4.57 Å². The highest BCUT2D eigenvalue weighted by molar-refractivity contribution is 6.21. The Hall–Kier alpha value is -8.34. The molecule has 0 saturated heterocycles. The fourth-order valence-corrected chi connectivity index (χ4v) is 10.9. The average molecular weight is 846 g/mol. The van der Waals surface area contributed by atoms with E-state index in [-0.39, 0.29) is 0 Å². The number of rotatable bonds is 6. The van der Waals surface area contributed by atoms with Crippen LogP contribution in [0.25, 0.3) is 66.1 Å². The fourth-order valence-electron chi connectivity index (χ4n) is 10.9. The number of para-hydroxylation sites is 2. The van der Waals surface area contributed by atoms with Crippen LogP contribution < -0.4 is 0 Å². The molecule has 0 unspecified atom stereocenters. The second-order valence-electron chi connectivity index (χ2n) is 17.5. The lowest BCUT2D eigenvalue weighted by Crippen LogP contribution is -2.28. The molecule has 4 nitrogen and oxygen atoms in total. The maximum atomic E-state index is 6.42. The van der Waals surface area contributed by atoms with Crippen molar-refractivity contribution in [3.8, 4) is 16.8 Å². The van der Waals surface area contributed by atoms with Gasteiger partial charge in [-0.05, 0) is 112 Å². The molecule has 0 N–H and O–H groups in total. The highest BCUT2D eigenvalue weighted by atomic mass is 16.3. The molecule has 1 aliphatic carbocycles. The summed E-state index contributed by atoms with van der Waals surface area (Å²) in [6.07, 6.45) is 4.05. The summed E-state index contributed by atoms with van der Waals surface area (Å²) in [5, 5.41) is 4.65. The van der Waals surface area contributed by atoms with Crippen LogP contribution in [-0.2, 0) is 5.41 Å². The summed E-state index contributed by atoms with van der Waals surface area (Å²) >= 11 is 0. The van der Waals surface area contributed by atoms with Crippen LogP contribution in [0.4, 0.5) is 0 Å². The van der Waals surface area contributed by atoms with Gasteiger partial charge in [-0.25, -0.2) is 4.99 Å². The van der Waals surface area contributed by atoms with E-state index >= 15 is 0 Å². The zero-order valence-electron chi connectivity index (χ0n) is 36.2. The van der Waals surface area contributed by atoms with Crippen LogP contribution in [-0.4, -0.2) is 22.7 Å². The molecule has 0 atom stereocenters. The largest absolute Gasteiger partial charge is 0.456 e. The predicted molar refractivity (Wildman–Crippen MR) is 273 cm³/mol. The molecule has 0 radical (unpaired) electrons. The van der Waals surface area contributed by atoms with Gasteiger partial charge in [0.15, 0.2) is 5.84 Å². The fraction of sp³-hybridized carbons (Fsp3) is 0.0645. The first-order chi connectivity index (χ1) is 32.7. The van der Waals surface area contributed by atoms with Gasteiger partial charge in [0.2, 0.25) is 0 Å². The van der Waals surface area contributed by atoms with Crippen LogP contribution in [0.2, 0.25) is 0 Å². The summed E-state index contributed by atoms with van der Waals surface area (Å²) in [4.78, 5) is 10.8. The van der Waals surface area contributed by atoms with Crippen molar-refractivity contribution in [2.45, 2.75) is 18.3 Å². The molecule has 1 aliphatic heterocycles. The number of hydrogen-bond donors (Lipinski definition) is 0. The van der Waals surface area contributed by atoms with E-state index in [1.165, 1.54) is 55.3 Å². The predicted octanol–water partition coefficient (Wildman–Crippen LogP) is 15.2. The molecule has 2 aromatic heterocycles. The van der Waals surface area contributed by atoms with Crippen molar-refractivity contribution in [3.63, 3.8) is 0 Å². The van der Waals surface area contributed by atoms with Crippen molar-refractivity contribution >= 4 is 60.9 Å². The van der Waals surface area contributed by atoms with Crippen LogP contribution in [0.3, 0.4) is 0 Å². The van der Waals surface area contributed by atoms with Gasteiger partial charge >= 0.3 is 0 Å². The number of amidine groups is 1. The van der Waals surface area contributed by atoms with Gasteiger partial charge in [-0.15, -0.1) is 0 Å². The molecule has 0 bridgehead atoms. The molecule has 0 fully saturated rings. The summed E-state index contributed by atoms with van der Waals surface area (Å²) in [6.45, 7) is 0.659. The van der Waals surface area contributed by atoms with Gasteiger partial charge in [-0.2, -0.15) is 0 Å². The molecule has 2 aliphatic rings. The maximum absolute atomic E-state index is 6.42. The first kappa shape index (κ1) is 38.1. The molecule has 0 amide bonds. The van der Waals surface area contributed by atoms with E-state index in [0.29, 0.717) is 12.4 Å². The zero-order chi connectivity index (χ0) is 43.6. The van der Waals surface area contributed by atoms with Gasteiger partial charge in [-0.1, -0.05) is 170 Å². The van der Waals surface area contributed by atoms with Gasteiger partial charge in [0, 0.05) is 44.9 Å². The van der Waals surface area contributed by atoms with E-state index < -0.39 is 5.41 Å². The van der Waals surface area contributed by atoms with E-state index in [4.69, 9.17) is 14.4 Å². The normalized spacial score (nSPS) is 16.9. The number of allylic oxidation sites excluding steroid dienone is 2. The van der Waals surface area contributed by atoms with E-state index in [9.17, 15) is 0 Å². The highest BCUT2D eigenvalue weighted by Crippen LogP contribution is 2.57. The summed E-state index contributed by atoms with van der Waals surface area (Å²) in [5.74, 6) is 0.714. The SMILES string of the molecule is C1=C(\c2ccccc2)CCC\N=C(c2cccc(-n3c4ccccc4c4cc5c(cc43)C(c3ccccc3)(c3ccccc3)c3ccccc3-5)c2)/N=C\1c1ccc2c(c1)oc1ccccc12. The van der Waals surface area contributed by atoms with Gasteiger partial charge < -0.3 is 8.98 Å². The smallest absolute Gasteiger partial charge is 0.155 e. The Balaban J connectivity index is 1.01. The van der Waals surface area contributed by atoms with Crippen molar-refractivity contribution in [2.24, 2.45) is 9.98 Å². The first-order valence-electron chi connectivity index (χ1n) is 22.9. The number of fused-ring (bicyclic) bond motifs is 9. The highest BCUT2D eigenvalue weighted by Gasteiger charge is 2.46. The molecule has 0 saturated carbocycles. The maximum Gasteiger partial charge on any atom is 0.155 e. The van der Waals surface area contributed by atoms with Gasteiger partial charge in [0.05, 0.1) is 22.2 Å². The molecule has 312 valence electrons. The Morgan fingerprint density at radius 1 is 0.455 bits per heavy atom. The quantitative estimate of drug-likeness (QED) is 0.164. The molecule has 0 spiro atoms. The molecule has 13 rings (SSSR count). The van der Waals surface area contributed by atoms with Crippen LogP contribution >= 0.6 is 0 Å². The number of benzene rings is 9. The number of aliphatic imine (C=N–C) groups is 2. The van der Waals surface area contributed by atoms with E-state index in [2.05, 4.69) is 217 Å². The lowest BCUT2D eigenvalue weighted by atomic mass is 9.67. The number of nitrogens with zero attached hydrogens (tertiary/aromatic N) is 3. The Kier molecular flexibility index (Phi) is 8.92. The number of aromatic nitrogens is 1. The zero-order valence-corrected chi connectivity index (χ0v) is 36.2. The van der Waals surface area contributed by atoms with Gasteiger partial charge in [0.25, 0.3) is 0 Å². The summed E-state index contributed by atoms with van der Waals surface area (Å²) in [5.41, 5.74) is 17.5. The minimum absolute atomic E-state index is 0.513. The third kappa shape index (κ3) is 5.99. The van der Waals surface area contributed by atoms with Crippen LogP contribution in [0, 0.1) is 0 Å². The van der Waals surface area contributed by atoms with Crippen molar-refractivity contribution in [3.05, 3.63) is 263 Å². The molecular weight excluding hydrogens is 803 g/mol. The minimum Gasteiger partial charge on any atom is -0.456 e. The standard InChI is InChI=1S/C62H43N3O/c1-4-18-41(19-5-1)42-21-17-35-63-61(64-56(37-42)43-33-34-51-50-29-12-15-32-59(50)66-60(51)38-43)44-20-16-26-47(36-44)65-57-31-14-11-28-49(57)53-39-52-48-27-10-13-30-54(48)62(55(52)40-58(53)65,45-22-6-2-7-23-45)46-24-8-3-9-25-46/h1-16,18-20,22-34,36-40H,17,21,35H2/b42-37+,63-61-,64-56+. The summed E-state index contributed by atoms with van der Waals surface area (Å²) in [7, 11) is 0. The molecule has 9 aromatic carbocycles. The van der Waals surface area contributed by atoms with Crippen molar-refractivity contribution in [2.75, 3.05) is 6.54 Å². The van der Waals surface area contributed by atoms with Crippen molar-refractivity contribution < 1.29 is 4.42 Å². The van der Waals surface area contributed by atoms with Crippen molar-refractivity contribution in [1.29, 1.82) is 0 Å². The summed E-state index contributed by atoms with van der Waals surface area (Å²) < 4.78 is 8.86. The number of furan rings is 1. The second kappa shape index (κ2) is 15.4. The summed E-state index contributed by atoms with van der Waals surface area (Å²) in [6, 6.07) is 79.1. The van der Waals surface area contributed by atoms with E-state index in [1.54, 1.807) is 0 Å². The third-order valence-electron chi connectivity index (χ3n) is 13.8. The Morgan fingerprint density at radius 2 is 1.14 bits per heavy atom. The average Bonchev–Trinajstić information content (AvgIpc) is 4.04. The Labute approximate surface area is 383 Å². The van der Waals surface area contributed by atoms with E-state index in [0.717, 1.165) is 68.3 Å². The Morgan fingerprint density at radius 3 is 1.95 bits per heavy atom. The lowest BCUT2D eigenvalue weighted by Gasteiger charge is -2.34. The van der Waals surface area contributed by atoms with Gasteiger partial charge in [0.1, 0.15) is 11.2 Å². The molecule has 3 heterocycles. The van der Waals surface area contributed by atoms with Crippen LogP contribution in [0.15, 0.2) is 239 Å². The number of hydrogen-bond acceptors (Lipinski definition) is 3. The molecule has 66 heavy (non-hydrogen) atoms.